The van der Waals surface area contributed by atoms with Gasteiger partial charge in [0, 0.05) is 18.7 Å². The monoisotopic (exact) mass is 390 g/mol. The molecule has 1 fully saturated rings. The van der Waals surface area contributed by atoms with E-state index in [9.17, 15) is 10.1 Å². The molecule has 3 heterocycles. The molecule has 0 N–H and O–H groups in total. The second-order valence-electron chi connectivity index (χ2n) is 7.30. The molecule has 0 aliphatic carbocycles. The number of rotatable bonds is 5. The molecule has 0 amide bonds. The van der Waals surface area contributed by atoms with Gasteiger partial charge in [-0.2, -0.15) is 10.2 Å². The zero-order valence-corrected chi connectivity index (χ0v) is 16.9. The minimum absolute atomic E-state index is 0.128. The summed E-state index contributed by atoms with van der Waals surface area (Å²) in [6.45, 7) is 4.90. The van der Waals surface area contributed by atoms with Crippen molar-refractivity contribution in [3.05, 3.63) is 52.7 Å². The van der Waals surface area contributed by atoms with Crippen LogP contribution in [0.1, 0.15) is 41.6 Å². The Morgan fingerprint density at radius 3 is 2.96 bits per heavy atom. The molecule has 1 aromatic carbocycles. The van der Waals surface area contributed by atoms with Gasteiger partial charge in [0.05, 0.1) is 22.4 Å². The van der Waals surface area contributed by atoms with Crippen LogP contribution in [-0.2, 0) is 11.2 Å². The smallest absolute Gasteiger partial charge is 0.188 e. The van der Waals surface area contributed by atoms with E-state index in [1.807, 2.05) is 25.1 Å². The number of ketones is 1. The molecule has 0 spiro atoms. The number of thiazole rings is 1. The lowest BCUT2D eigenvalue weighted by Crippen LogP contribution is -2.36. The quantitative estimate of drug-likeness (QED) is 0.648. The van der Waals surface area contributed by atoms with Gasteiger partial charge in [-0.25, -0.2) is 4.98 Å². The highest BCUT2D eigenvalue weighted by atomic mass is 32.1. The number of aromatic nitrogens is 2. The van der Waals surface area contributed by atoms with Crippen LogP contribution in [0.4, 0.5) is 5.13 Å². The Labute approximate surface area is 168 Å². The van der Waals surface area contributed by atoms with Crippen molar-refractivity contribution < 1.29 is 4.79 Å². The molecule has 1 saturated heterocycles. The van der Waals surface area contributed by atoms with Crippen LogP contribution in [0.5, 0.6) is 0 Å². The van der Waals surface area contributed by atoms with E-state index in [-0.39, 0.29) is 11.8 Å². The molecule has 5 nitrogen and oxygen atoms in total. The topological polar surface area (TPSA) is 69.9 Å². The SMILES string of the molecule is Cc1cc2sc(N3CCC[C@@H]3C(=O)CCc3ccccc3C#N)nc2nc1C. The number of nitriles is 1. The molecule has 0 radical (unpaired) electrons. The molecule has 142 valence electrons. The van der Waals surface area contributed by atoms with Crippen molar-refractivity contribution in [2.75, 3.05) is 11.4 Å². The van der Waals surface area contributed by atoms with E-state index in [2.05, 4.69) is 28.9 Å². The van der Waals surface area contributed by atoms with Crippen LogP contribution in [0, 0.1) is 25.2 Å². The standard InChI is InChI=1S/C22H22N4OS/c1-14-12-20-21(24-15(14)2)25-22(28-20)26-11-5-8-18(26)19(27)10-9-16-6-3-4-7-17(16)13-23/h3-4,6-7,12,18H,5,8-11H2,1-2H3/t18-/m1/s1. The number of anilines is 1. The van der Waals surface area contributed by atoms with Gasteiger partial charge in [-0.05, 0) is 56.4 Å². The van der Waals surface area contributed by atoms with Gasteiger partial charge in [-0.15, -0.1) is 0 Å². The molecule has 0 bridgehead atoms. The summed E-state index contributed by atoms with van der Waals surface area (Å²) in [5.74, 6) is 0.227. The van der Waals surface area contributed by atoms with Crippen LogP contribution in [-0.4, -0.2) is 28.3 Å². The maximum absolute atomic E-state index is 13.0. The average molecular weight is 391 g/mol. The number of benzene rings is 1. The fraction of sp³-hybridized carbons (Fsp3) is 0.364. The zero-order chi connectivity index (χ0) is 19.7. The van der Waals surface area contributed by atoms with Gasteiger partial charge in [0.1, 0.15) is 0 Å². The summed E-state index contributed by atoms with van der Waals surface area (Å²) in [4.78, 5) is 24.4. The molecule has 3 aromatic rings. The molecule has 2 aromatic heterocycles. The predicted octanol–water partition coefficient (Wildman–Crippen LogP) is 4.35. The number of carbonyl (C=O) groups excluding carboxylic acids is 1. The third kappa shape index (κ3) is 3.50. The molecule has 1 aliphatic heterocycles. The summed E-state index contributed by atoms with van der Waals surface area (Å²) in [6.07, 6.45) is 2.90. The largest absolute Gasteiger partial charge is 0.338 e. The molecule has 1 atom stereocenters. The highest BCUT2D eigenvalue weighted by Crippen LogP contribution is 2.34. The van der Waals surface area contributed by atoms with Gasteiger partial charge in [-0.1, -0.05) is 29.5 Å². The average Bonchev–Trinajstić information content (AvgIpc) is 3.33. The first-order valence-electron chi connectivity index (χ1n) is 9.59. The molecule has 0 unspecified atom stereocenters. The summed E-state index contributed by atoms with van der Waals surface area (Å²) in [6, 6.07) is 11.7. The molecule has 28 heavy (non-hydrogen) atoms. The maximum atomic E-state index is 13.0. The van der Waals surface area contributed by atoms with Crippen molar-refractivity contribution in [1.82, 2.24) is 9.97 Å². The molecular weight excluding hydrogens is 368 g/mol. The summed E-state index contributed by atoms with van der Waals surface area (Å²) >= 11 is 1.62. The van der Waals surface area contributed by atoms with Gasteiger partial charge >= 0.3 is 0 Å². The fourth-order valence-electron chi connectivity index (χ4n) is 3.76. The third-order valence-electron chi connectivity index (χ3n) is 5.46. The van der Waals surface area contributed by atoms with E-state index in [0.717, 1.165) is 51.7 Å². The van der Waals surface area contributed by atoms with Crippen molar-refractivity contribution in [2.45, 2.75) is 45.6 Å². The van der Waals surface area contributed by atoms with Crippen LogP contribution in [0.25, 0.3) is 10.3 Å². The van der Waals surface area contributed by atoms with Gasteiger partial charge in [-0.3, -0.25) is 4.79 Å². The number of nitrogens with zero attached hydrogens (tertiary/aromatic N) is 4. The second kappa shape index (κ2) is 7.69. The number of aryl methyl sites for hydroxylation is 3. The lowest BCUT2D eigenvalue weighted by Gasteiger charge is -2.22. The minimum atomic E-state index is -0.128. The molecule has 0 saturated carbocycles. The molecule has 6 heteroatoms. The summed E-state index contributed by atoms with van der Waals surface area (Å²) in [5.41, 5.74) is 4.52. The Bertz CT molecular complexity index is 1040. The minimum Gasteiger partial charge on any atom is -0.338 e. The van der Waals surface area contributed by atoms with Crippen molar-refractivity contribution in [3.8, 4) is 6.07 Å². The first kappa shape index (κ1) is 18.6. The molecule has 4 rings (SSSR count). The second-order valence-corrected chi connectivity index (χ2v) is 8.30. The van der Waals surface area contributed by atoms with Crippen molar-refractivity contribution in [3.63, 3.8) is 0 Å². The fourth-order valence-corrected chi connectivity index (χ4v) is 4.84. The Balaban J connectivity index is 1.52. The van der Waals surface area contributed by atoms with Crippen LogP contribution >= 0.6 is 11.3 Å². The number of hydrogen-bond donors (Lipinski definition) is 0. The van der Waals surface area contributed by atoms with Crippen LogP contribution in [0.3, 0.4) is 0 Å². The van der Waals surface area contributed by atoms with Crippen molar-refractivity contribution in [1.29, 1.82) is 5.26 Å². The van der Waals surface area contributed by atoms with E-state index in [1.54, 1.807) is 17.4 Å². The summed E-state index contributed by atoms with van der Waals surface area (Å²) in [5, 5.41) is 10.1. The first-order valence-corrected chi connectivity index (χ1v) is 10.4. The zero-order valence-electron chi connectivity index (χ0n) is 16.1. The highest BCUT2D eigenvalue weighted by molar-refractivity contribution is 7.22. The van der Waals surface area contributed by atoms with Crippen LogP contribution < -0.4 is 4.90 Å². The van der Waals surface area contributed by atoms with Crippen molar-refractivity contribution in [2.24, 2.45) is 0 Å². The maximum Gasteiger partial charge on any atom is 0.188 e. The Kier molecular flexibility index (Phi) is 5.10. The lowest BCUT2D eigenvalue weighted by atomic mass is 9.99. The van der Waals surface area contributed by atoms with E-state index in [4.69, 9.17) is 4.98 Å². The number of carbonyl (C=O) groups is 1. The number of fused-ring (bicyclic) bond motifs is 1. The van der Waals surface area contributed by atoms with Gasteiger partial charge in [0.15, 0.2) is 16.6 Å². The highest BCUT2D eigenvalue weighted by Gasteiger charge is 2.32. The van der Waals surface area contributed by atoms with Gasteiger partial charge in [0.2, 0.25) is 0 Å². The van der Waals surface area contributed by atoms with E-state index < -0.39 is 0 Å². The third-order valence-corrected chi connectivity index (χ3v) is 6.49. The summed E-state index contributed by atoms with van der Waals surface area (Å²) < 4.78 is 1.07. The number of Topliss-reactive ketones (excluding diaryl/α,β-unsaturated/α-hetero) is 1. The van der Waals surface area contributed by atoms with E-state index in [1.165, 1.54) is 0 Å². The van der Waals surface area contributed by atoms with Crippen LogP contribution in [0.15, 0.2) is 30.3 Å². The number of hydrogen-bond acceptors (Lipinski definition) is 6. The summed E-state index contributed by atoms with van der Waals surface area (Å²) in [7, 11) is 0. The Hall–Kier alpha value is -2.78. The van der Waals surface area contributed by atoms with Gasteiger partial charge < -0.3 is 4.90 Å². The normalized spacial score (nSPS) is 16.5. The van der Waals surface area contributed by atoms with E-state index in [0.29, 0.717) is 18.4 Å². The molecular formula is C22H22N4OS. The van der Waals surface area contributed by atoms with E-state index >= 15 is 0 Å². The Morgan fingerprint density at radius 1 is 1.32 bits per heavy atom. The predicted molar refractivity (Wildman–Crippen MR) is 112 cm³/mol. The van der Waals surface area contributed by atoms with Gasteiger partial charge in [0.25, 0.3) is 0 Å². The lowest BCUT2D eigenvalue weighted by molar-refractivity contribution is -0.120. The van der Waals surface area contributed by atoms with Crippen LogP contribution in [0.2, 0.25) is 0 Å². The van der Waals surface area contributed by atoms with Crippen molar-refractivity contribution >= 4 is 32.6 Å². The molecule has 1 aliphatic rings. The first-order chi connectivity index (χ1) is 13.6. The number of pyridine rings is 1. The Morgan fingerprint density at radius 2 is 2.14 bits per heavy atom.